The number of nitrogens with zero attached hydrogens (tertiary/aromatic N) is 2. The van der Waals surface area contributed by atoms with Crippen LogP contribution in [-0.4, -0.2) is 16.8 Å². The van der Waals surface area contributed by atoms with Crippen molar-refractivity contribution in [1.29, 1.82) is 0 Å². The Hall–Kier alpha value is -2.71. The van der Waals surface area contributed by atoms with E-state index in [-0.39, 0.29) is 0 Å². The average molecular weight is 238 g/mol. The van der Waals surface area contributed by atoms with Gasteiger partial charge >= 0.3 is 6.21 Å². The van der Waals surface area contributed by atoms with Crippen molar-refractivity contribution in [3.8, 4) is 11.5 Å². The molecular formula is C14H10N2O2. The summed E-state index contributed by atoms with van der Waals surface area (Å²) in [5.74, 6) is 0.649. The van der Waals surface area contributed by atoms with Crippen molar-refractivity contribution in [2.24, 2.45) is 0 Å². The molecule has 2 rings (SSSR count). The molecule has 0 saturated carbocycles. The summed E-state index contributed by atoms with van der Waals surface area (Å²) in [6, 6.07) is 15.9. The summed E-state index contributed by atoms with van der Waals surface area (Å²) in [5.41, 5.74) is 8.73. The number of para-hydroxylation sites is 2. The lowest BCUT2D eigenvalue weighted by Crippen LogP contribution is -2.03. The fraction of sp³-hybridized carbons (Fsp3) is 0. The quantitative estimate of drug-likeness (QED) is 0.356. The van der Waals surface area contributed by atoms with E-state index in [1.807, 2.05) is 18.2 Å². The Kier molecular flexibility index (Phi) is 3.64. The molecule has 4 heteroatoms. The number of hydrogen-bond donors (Lipinski definition) is 0. The number of benzene rings is 2. The number of carbonyl (C=O) groups excluding carboxylic acids is 1. The molecule has 0 unspecified atom stereocenters. The van der Waals surface area contributed by atoms with Gasteiger partial charge in [0.25, 0.3) is 5.78 Å². The number of carbonyl (C=O) groups is 1. The van der Waals surface area contributed by atoms with Crippen LogP contribution in [0.1, 0.15) is 10.4 Å². The van der Waals surface area contributed by atoms with Crippen LogP contribution in [0.15, 0.2) is 54.6 Å². The van der Waals surface area contributed by atoms with Crippen LogP contribution < -0.4 is 4.74 Å². The first kappa shape index (κ1) is 11.8. The van der Waals surface area contributed by atoms with E-state index >= 15 is 0 Å². The van der Waals surface area contributed by atoms with Gasteiger partial charge in [0.2, 0.25) is 0 Å². The van der Waals surface area contributed by atoms with E-state index in [2.05, 4.69) is 4.79 Å². The lowest BCUT2D eigenvalue weighted by Gasteiger charge is -2.07. The Morgan fingerprint density at radius 2 is 1.72 bits per heavy atom. The lowest BCUT2D eigenvalue weighted by molar-refractivity contribution is 0.00232. The fourth-order valence-corrected chi connectivity index (χ4v) is 1.50. The second-order valence-electron chi connectivity index (χ2n) is 3.52. The van der Waals surface area contributed by atoms with Crippen LogP contribution in [0.3, 0.4) is 0 Å². The molecule has 0 saturated heterocycles. The first-order valence-corrected chi connectivity index (χ1v) is 5.35. The molecular weight excluding hydrogens is 228 g/mol. The zero-order valence-corrected chi connectivity index (χ0v) is 9.48. The molecule has 0 fully saturated rings. The first-order chi connectivity index (χ1) is 8.81. The first-order valence-electron chi connectivity index (χ1n) is 5.35. The van der Waals surface area contributed by atoms with Gasteiger partial charge in [0.15, 0.2) is 0 Å². The third-order valence-corrected chi connectivity index (χ3v) is 2.30. The van der Waals surface area contributed by atoms with E-state index in [4.69, 9.17) is 10.3 Å². The van der Waals surface area contributed by atoms with Crippen molar-refractivity contribution in [3.63, 3.8) is 0 Å². The maximum atomic E-state index is 11.7. The highest BCUT2D eigenvalue weighted by molar-refractivity contribution is 6.34. The van der Waals surface area contributed by atoms with Crippen LogP contribution in [0.2, 0.25) is 0 Å². The minimum Gasteiger partial charge on any atom is -0.457 e. The molecule has 18 heavy (non-hydrogen) atoms. The van der Waals surface area contributed by atoms with Gasteiger partial charge < -0.3 is 10.3 Å². The van der Waals surface area contributed by atoms with E-state index in [9.17, 15) is 4.79 Å². The minimum atomic E-state index is -0.413. The average Bonchev–Trinajstić information content (AvgIpc) is 2.41. The van der Waals surface area contributed by atoms with E-state index in [0.29, 0.717) is 17.1 Å². The van der Waals surface area contributed by atoms with E-state index in [1.165, 1.54) is 0 Å². The Balaban J connectivity index is 2.34. The molecule has 2 aromatic rings. The van der Waals surface area contributed by atoms with Gasteiger partial charge in [0.05, 0.1) is 5.56 Å². The number of hydrogen-bond acceptors (Lipinski definition) is 2. The summed E-state index contributed by atoms with van der Waals surface area (Å²) in [4.78, 5) is 14.4. The van der Waals surface area contributed by atoms with E-state index in [0.717, 1.165) is 6.21 Å². The van der Waals surface area contributed by atoms with Gasteiger partial charge in [0.1, 0.15) is 11.5 Å². The zero-order valence-electron chi connectivity index (χ0n) is 9.48. The molecule has 0 spiro atoms. The molecule has 0 aliphatic carbocycles. The van der Waals surface area contributed by atoms with Crippen molar-refractivity contribution in [2.75, 3.05) is 0 Å². The molecule has 0 radical (unpaired) electrons. The predicted octanol–water partition coefficient (Wildman–Crippen LogP) is 2.96. The predicted molar refractivity (Wildman–Crippen MR) is 67.0 cm³/mol. The highest BCUT2D eigenvalue weighted by atomic mass is 16.5. The van der Waals surface area contributed by atoms with Crippen molar-refractivity contribution < 1.29 is 14.3 Å². The lowest BCUT2D eigenvalue weighted by atomic mass is 10.1. The molecule has 4 nitrogen and oxygen atoms in total. The molecule has 0 N–H and O–H groups in total. The third-order valence-electron chi connectivity index (χ3n) is 2.30. The largest absolute Gasteiger partial charge is 0.457 e. The van der Waals surface area contributed by atoms with Gasteiger partial charge in [-0.05, 0) is 24.3 Å². The highest BCUT2D eigenvalue weighted by Crippen LogP contribution is 2.24. The number of ether oxygens (including phenoxy) is 1. The molecule has 0 atom stereocenters. The Bertz CT molecular complexity index is 602. The van der Waals surface area contributed by atoms with Crippen molar-refractivity contribution in [2.45, 2.75) is 0 Å². The van der Waals surface area contributed by atoms with Gasteiger partial charge in [0, 0.05) is 0 Å². The number of Topliss-reactive ketones (excluding diaryl/α,β-unsaturated/α-hetero) is 1. The summed E-state index contributed by atoms with van der Waals surface area (Å²) in [6.45, 7) is 0. The second-order valence-corrected chi connectivity index (χ2v) is 3.52. The van der Waals surface area contributed by atoms with E-state index in [1.54, 1.807) is 36.4 Å². The second kappa shape index (κ2) is 5.57. The SMILES string of the molecule is [N-]=[N+]=CC(=O)c1ccccc1Oc1ccccc1. The molecule has 0 aromatic heterocycles. The van der Waals surface area contributed by atoms with Gasteiger partial charge in [-0.2, -0.15) is 4.79 Å². The summed E-state index contributed by atoms with van der Waals surface area (Å²) in [6.07, 6.45) is 0.840. The van der Waals surface area contributed by atoms with Crippen molar-refractivity contribution in [3.05, 3.63) is 65.7 Å². The Morgan fingerprint density at radius 1 is 1.06 bits per heavy atom. The number of ketones is 1. The molecule has 0 aliphatic heterocycles. The van der Waals surface area contributed by atoms with E-state index < -0.39 is 5.78 Å². The Morgan fingerprint density at radius 3 is 2.44 bits per heavy atom. The monoisotopic (exact) mass is 238 g/mol. The maximum Gasteiger partial charge on any atom is 0.328 e. The molecule has 0 bridgehead atoms. The molecule has 2 aromatic carbocycles. The van der Waals surface area contributed by atoms with Gasteiger partial charge in [-0.3, -0.25) is 4.79 Å². The van der Waals surface area contributed by atoms with Gasteiger partial charge in [-0.25, -0.2) is 0 Å². The topological polar surface area (TPSA) is 62.7 Å². The summed E-state index contributed by atoms with van der Waals surface area (Å²) >= 11 is 0. The van der Waals surface area contributed by atoms with Crippen LogP contribution in [-0.2, 0) is 0 Å². The fourth-order valence-electron chi connectivity index (χ4n) is 1.50. The molecule has 0 aliphatic rings. The third kappa shape index (κ3) is 2.70. The summed E-state index contributed by atoms with van der Waals surface area (Å²) < 4.78 is 5.61. The summed E-state index contributed by atoms with van der Waals surface area (Å²) in [7, 11) is 0. The molecule has 0 amide bonds. The molecule has 88 valence electrons. The van der Waals surface area contributed by atoms with Crippen LogP contribution in [0, 0.1) is 0 Å². The highest BCUT2D eigenvalue weighted by Gasteiger charge is 2.13. The molecule has 0 heterocycles. The normalized spacial score (nSPS) is 9.33. The Labute approximate surface area is 104 Å². The van der Waals surface area contributed by atoms with Crippen molar-refractivity contribution in [1.82, 2.24) is 0 Å². The minimum absolute atomic E-state index is 0.346. The van der Waals surface area contributed by atoms with Gasteiger partial charge in [-0.1, -0.05) is 30.3 Å². The standard InChI is InChI=1S/C14H10N2O2/c15-16-10-13(17)12-8-4-5-9-14(12)18-11-6-2-1-3-7-11/h1-10H. The van der Waals surface area contributed by atoms with Crippen LogP contribution in [0.5, 0.6) is 11.5 Å². The summed E-state index contributed by atoms with van der Waals surface area (Å²) in [5, 5.41) is 0. The van der Waals surface area contributed by atoms with Crippen molar-refractivity contribution >= 4 is 12.0 Å². The smallest absolute Gasteiger partial charge is 0.328 e. The maximum absolute atomic E-state index is 11.7. The van der Waals surface area contributed by atoms with Gasteiger partial charge in [-0.15, -0.1) is 0 Å². The zero-order chi connectivity index (χ0) is 12.8. The van der Waals surface area contributed by atoms with Crippen LogP contribution in [0.4, 0.5) is 0 Å². The van der Waals surface area contributed by atoms with Crippen LogP contribution in [0.25, 0.3) is 5.53 Å². The number of rotatable bonds is 4. The van der Waals surface area contributed by atoms with Crippen LogP contribution >= 0.6 is 0 Å².